The van der Waals surface area contributed by atoms with Crippen molar-refractivity contribution in [2.24, 2.45) is 0 Å². The zero-order valence-electron chi connectivity index (χ0n) is 11.3. The van der Waals surface area contributed by atoms with Gasteiger partial charge >= 0.3 is 0 Å². The molecule has 1 aromatic rings. The predicted octanol–water partition coefficient (Wildman–Crippen LogP) is 1.65. The molecule has 1 unspecified atom stereocenters. The number of methoxy groups -OCH3 is 1. The number of hydrogen-bond donors (Lipinski definition) is 0. The van der Waals surface area contributed by atoms with Gasteiger partial charge in [0, 0.05) is 26.2 Å². The van der Waals surface area contributed by atoms with Crippen molar-refractivity contribution in [2.75, 3.05) is 40.3 Å². The summed E-state index contributed by atoms with van der Waals surface area (Å²) < 4.78 is 18.6. The molecule has 1 aliphatic rings. The molecular formula is C14H18FN3O. The topological polar surface area (TPSA) is 39.5 Å². The molecule has 1 saturated heterocycles. The van der Waals surface area contributed by atoms with Gasteiger partial charge in [-0.1, -0.05) is 6.07 Å². The first kappa shape index (κ1) is 13.8. The fourth-order valence-electron chi connectivity index (χ4n) is 2.30. The summed E-state index contributed by atoms with van der Waals surface area (Å²) in [6, 6.07) is 6.60. The second kappa shape index (κ2) is 6.00. The zero-order valence-corrected chi connectivity index (χ0v) is 11.3. The Morgan fingerprint density at radius 1 is 1.32 bits per heavy atom. The molecule has 1 atom stereocenters. The first-order valence-electron chi connectivity index (χ1n) is 6.31. The summed E-state index contributed by atoms with van der Waals surface area (Å²) in [5.41, 5.74) is 0.686. The van der Waals surface area contributed by atoms with Crippen LogP contribution in [0.25, 0.3) is 0 Å². The van der Waals surface area contributed by atoms with Crippen molar-refractivity contribution >= 4 is 0 Å². The molecule has 19 heavy (non-hydrogen) atoms. The summed E-state index contributed by atoms with van der Waals surface area (Å²) in [4.78, 5) is 4.31. The number of benzene rings is 1. The van der Waals surface area contributed by atoms with E-state index in [1.54, 1.807) is 12.1 Å². The van der Waals surface area contributed by atoms with Crippen LogP contribution in [-0.2, 0) is 0 Å². The number of nitriles is 1. The number of rotatable bonds is 3. The maximum absolute atomic E-state index is 13.7. The van der Waals surface area contributed by atoms with E-state index in [9.17, 15) is 9.65 Å². The van der Waals surface area contributed by atoms with Gasteiger partial charge in [0.15, 0.2) is 11.6 Å². The molecule has 0 spiro atoms. The van der Waals surface area contributed by atoms with Crippen LogP contribution in [0.3, 0.4) is 0 Å². The molecule has 0 amide bonds. The molecule has 0 N–H and O–H groups in total. The molecule has 2 rings (SSSR count). The standard InChI is InChI=1S/C14H18FN3O/c1-17-5-7-18(8-6-17)13(10-16)11-3-4-14(19-2)12(15)9-11/h3-4,9,13H,5-8H2,1-2H3. The second-order valence-corrected chi connectivity index (χ2v) is 4.76. The van der Waals surface area contributed by atoms with Crippen LogP contribution in [0.5, 0.6) is 5.75 Å². The van der Waals surface area contributed by atoms with E-state index < -0.39 is 11.9 Å². The predicted molar refractivity (Wildman–Crippen MR) is 70.4 cm³/mol. The number of nitrogens with zero attached hydrogens (tertiary/aromatic N) is 3. The first-order chi connectivity index (χ1) is 9.15. The van der Waals surface area contributed by atoms with E-state index in [0.717, 1.165) is 26.2 Å². The second-order valence-electron chi connectivity index (χ2n) is 4.76. The summed E-state index contributed by atoms with van der Waals surface area (Å²) in [6.07, 6.45) is 0. The normalized spacial score (nSPS) is 18.8. The number of halogens is 1. The van der Waals surface area contributed by atoms with Crippen LogP contribution >= 0.6 is 0 Å². The van der Waals surface area contributed by atoms with Crippen LogP contribution < -0.4 is 4.74 Å². The largest absolute Gasteiger partial charge is 0.494 e. The van der Waals surface area contributed by atoms with Gasteiger partial charge in [0.1, 0.15) is 6.04 Å². The molecule has 0 bridgehead atoms. The van der Waals surface area contributed by atoms with Crippen LogP contribution in [0.2, 0.25) is 0 Å². The fraction of sp³-hybridized carbons (Fsp3) is 0.500. The van der Waals surface area contributed by atoms with Crippen molar-refractivity contribution in [1.29, 1.82) is 5.26 Å². The molecule has 1 fully saturated rings. The molecule has 0 aromatic heterocycles. The molecule has 102 valence electrons. The molecule has 5 heteroatoms. The molecule has 0 aliphatic carbocycles. The van der Waals surface area contributed by atoms with Crippen LogP contribution in [-0.4, -0.2) is 50.1 Å². The summed E-state index contributed by atoms with van der Waals surface area (Å²) in [6.45, 7) is 3.50. The number of piperazine rings is 1. The lowest BCUT2D eigenvalue weighted by Gasteiger charge is -2.35. The Hall–Kier alpha value is -1.64. The average Bonchev–Trinajstić information content (AvgIpc) is 2.42. The molecule has 1 heterocycles. The summed E-state index contributed by atoms with van der Waals surface area (Å²) in [7, 11) is 3.49. The highest BCUT2D eigenvalue weighted by Crippen LogP contribution is 2.26. The molecule has 1 aliphatic heterocycles. The van der Waals surface area contributed by atoms with Gasteiger partial charge in [-0.25, -0.2) is 4.39 Å². The van der Waals surface area contributed by atoms with Gasteiger partial charge in [-0.15, -0.1) is 0 Å². The fourth-order valence-corrected chi connectivity index (χ4v) is 2.30. The maximum atomic E-state index is 13.7. The Labute approximate surface area is 113 Å². The van der Waals surface area contributed by atoms with Gasteiger partial charge in [-0.05, 0) is 24.7 Å². The minimum Gasteiger partial charge on any atom is -0.494 e. The van der Waals surface area contributed by atoms with Gasteiger partial charge in [0.05, 0.1) is 13.2 Å². The van der Waals surface area contributed by atoms with Crippen molar-refractivity contribution in [3.05, 3.63) is 29.6 Å². The molecule has 0 radical (unpaired) electrons. The number of ether oxygens (including phenoxy) is 1. The average molecular weight is 263 g/mol. The van der Waals surface area contributed by atoms with Crippen molar-refractivity contribution in [2.45, 2.75) is 6.04 Å². The third-order valence-corrected chi connectivity index (χ3v) is 3.52. The van der Waals surface area contributed by atoms with Crippen molar-refractivity contribution in [3.8, 4) is 11.8 Å². The molecule has 0 saturated carbocycles. The van der Waals surface area contributed by atoms with E-state index >= 15 is 0 Å². The van der Waals surface area contributed by atoms with Gasteiger partial charge in [0.25, 0.3) is 0 Å². The Balaban J connectivity index is 2.18. The highest BCUT2D eigenvalue weighted by molar-refractivity contribution is 5.33. The third-order valence-electron chi connectivity index (χ3n) is 3.52. The molecule has 1 aromatic carbocycles. The summed E-state index contributed by atoms with van der Waals surface area (Å²) in [5.74, 6) is -0.215. The molecule has 4 nitrogen and oxygen atoms in total. The van der Waals surface area contributed by atoms with E-state index in [1.807, 2.05) is 0 Å². The lowest BCUT2D eigenvalue weighted by atomic mass is 10.1. The lowest BCUT2D eigenvalue weighted by Crippen LogP contribution is -2.45. The number of likely N-dealkylation sites (N-methyl/N-ethyl adjacent to an activating group) is 1. The Bertz CT molecular complexity index is 478. The maximum Gasteiger partial charge on any atom is 0.165 e. The van der Waals surface area contributed by atoms with Crippen LogP contribution in [0.15, 0.2) is 18.2 Å². The van der Waals surface area contributed by atoms with Crippen LogP contribution in [0.1, 0.15) is 11.6 Å². The van der Waals surface area contributed by atoms with Crippen LogP contribution in [0.4, 0.5) is 4.39 Å². The number of hydrogen-bond acceptors (Lipinski definition) is 4. The van der Waals surface area contributed by atoms with Crippen molar-refractivity contribution < 1.29 is 9.13 Å². The van der Waals surface area contributed by atoms with E-state index in [4.69, 9.17) is 4.74 Å². The highest BCUT2D eigenvalue weighted by atomic mass is 19.1. The Morgan fingerprint density at radius 3 is 2.53 bits per heavy atom. The first-order valence-corrected chi connectivity index (χ1v) is 6.31. The minimum absolute atomic E-state index is 0.207. The van der Waals surface area contributed by atoms with E-state index in [1.165, 1.54) is 13.2 Å². The minimum atomic E-state index is -0.422. The lowest BCUT2D eigenvalue weighted by molar-refractivity contribution is 0.132. The zero-order chi connectivity index (χ0) is 13.8. The summed E-state index contributed by atoms with van der Waals surface area (Å²) in [5, 5.41) is 9.36. The van der Waals surface area contributed by atoms with Crippen molar-refractivity contribution in [1.82, 2.24) is 9.80 Å². The Morgan fingerprint density at radius 2 is 2.00 bits per heavy atom. The monoisotopic (exact) mass is 263 g/mol. The SMILES string of the molecule is COc1ccc(C(C#N)N2CCN(C)CC2)cc1F. The van der Waals surface area contributed by atoms with Gasteiger partial charge in [-0.2, -0.15) is 5.26 Å². The van der Waals surface area contributed by atoms with E-state index in [2.05, 4.69) is 22.9 Å². The highest BCUT2D eigenvalue weighted by Gasteiger charge is 2.24. The van der Waals surface area contributed by atoms with Gasteiger partial charge < -0.3 is 9.64 Å². The molecular weight excluding hydrogens is 245 g/mol. The smallest absolute Gasteiger partial charge is 0.165 e. The van der Waals surface area contributed by atoms with Crippen LogP contribution in [0, 0.1) is 17.1 Å². The van der Waals surface area contributed by atoms with Gasteiger partial charge in [0.2, 0.25) is 0 Å². The summed E-state index contributed by atoms with van der Waals surface area (Å²) >= 11 is 0. The quantitative estimate of drug-likeness (QED) is 0.831. The van der Waals surface area contributed by atoms with E-state index in [-0.39, 0.29) is 5.75 Å². The van der Waals surface area contributed by atoms with E-state index in [0.29, 0.717) is 5.56 Å². The van der Waals surface area contributed by atoms with Crippen molar-refractivity contribution in [3.63, 3.8) is 0 Å². The Kier molecular flexibility index (Phi) is 4.35. The van der Waals surface area contributed by atoms with Gasteiger partial charge in [-0.3, -0.25) is 4.90 Å². The third kappa shape index (κ3) is 3.03.